The van der Waals surface area contributed by atoms with Crippen molar-refractivity contribution in [3.63, 3.8) is 0 Å². The third kappa shape index (κ3) is 7.40. The van der Waals surface area contributed by atoms with Gasteiger partial charge in [-0.1, -0.05) is 38.1 Å². The lowest BCUT2D eigenvalue weighted by molar-refractivity contribution is -0.138. The van der Waals surface area contributed by atoms with Crippen molar-refractivity contribution in [3.8, 4) is 10.4 Å². The van der Waals surface area contributed by atoms with Gasteiger partial charge in [-0.05, 0) is 79.5 Å². The van der Waals surface area contributed by atoms with Crippen molar-refractivity contribution in [3.05, 3.63) is 80.6 Å². The SMILES string of the molecule is Cc1cccc(C)c1-c1cc([C@@H](CC(=O)O)NC(=O)[C@H](CC(C)C)n2cc(CN(C)C)ccc2=O)cs1. The Morgan fingerprint density at radius 2 is 1.78 bits per heavy atom. The smallest absolute Gasteiger partial charge is 0.305 e. The summed E-state index contributed by atoms with van der Waals surface area (Å²) in [5, 5.41) is 14.5. The topological polar surface area (TPSA) is 91.6 Å². The van der Waals surface area contributed by atoms with E-state index < -0.39 is 18.1 Å². The molecule has 0 aliphatic heterocycles. The van der Waals surface area contributed by atoms with Gasteiger partial charge in [-0.25, -0.2) is 0 Å². The predicted octanol–water partition coefficient (Wildman–Crippen LogP) is 5.17. The lowest BCUT2D eigenvalue weighted by Gasteiger charge is -2.25. The molecule has 0 aliphatic rings. The van der Waals surface area contributed by atoms with Gasteiger partial charge in [0.05, 0.1) is 12.5 Å². The molecular weight excluding hydrogens is 486 g/mol. The minimum absolute atomic E-state index is 0.148. The first-order chi connectivity index (χ1) is 17.5. The van der Waals surface area contributed by atoms with Gasteiger partial charge in [0.25, 0.3) is 5.56 Å². The summed E-state index contributed by atoms with van der Waals surface area (Å²) < 4.78 is 1.49. The Balaban J connectivity index is 1.95. The molecule has 0 saturated heterocycles. The maximum absolute atomic E-state index is 13.6. The Hall–Kier alpha value is -3.23. The molecule has 2 aromatic heterocycles. The quantitative estimate of drug-likeness (QED) is 0.362. The number of aryl methyl sites for hydroxylation is 2. The summed E-state index contributed by atoms with van der Waals surface area (Å²) in [6.07, 6.45) is 1.94. The number of carboxylic acid groups (broad SMARTS) is 1. The van der Waals surface area contributed by atoms with Crippen LogP contribution in [0.1, 0.15) is 61.0 Å². The number of hydrogen-bond donors (Lipinski definition) is 2. The average molecular weight is 524 g/mol. The molecule has 0 fully saturated rings. The van der Waals surface area contributed by atoms with Crippen molar-refractivity contribution in [1.82, 2.24) is 14.8 Å². The summed E-state index contributed by atoms with van der Waals surface area (Å²) in [7, 11) is 3.88. The van der Waals surface area contributed by atoms with Gasteiger partial charge in [0.2, 0.25) is 5.91 Å². The van der Waals surface area contributed by atoms with Crippen LogP contribution in [0.25, 0.3) is 10.4 Å². The number of amides is 1. The van der Waals surface area contributed by atoms with Crippen molar-refractivity contribution < 1.29 is 14.7 Å². The molecule has 2 heterocycles. The summed E-state index contributed by atoms with van der Waals surface area (Å²) in [5.41, 5.74) is 4.81. The summed E-state index contributed by atoms with van der Waals surface area (Å²) >= 11 is 1.53. The number of aromatic nitrogens is 1. The second kappa shape index (κ2) is 12.3. The third-order valence-corrected chi connectivity index (χ3v) is 7.24. The maximum atomic E-state index is 13.6. The number of carbonyl (C=O) groups is 2. The minimum atomic E-state index is -1.00. The van der Waals surface area contributed by atoms with E-state index in [1.807, 2.05) is 50.4 Å². The number of nitrogens with zero attached hydrogens (tertiary/aromatic N) is 2. The molecule has 3 rings (SSSR count). The molecule has 1 aromatic carbocycles. The number of carbonyl (C=O) groups excluding carboxylic acids is 1. The first kappa shape index (κ1) is 28.3. The van der Waals surface area contributed by atoms with E-state index in [1.54, 1.807) is 12.3 Å². The second-order valence-corrected chi connectivity index (χ2v) is 11.2. The number of rotatable bonds is 11. The van der Waals surface area contributed by atoms with Gasteiger partial charge in [0.1, 0.15) is 6.04 Å². The van der Waals surface area contributed by atoms with E-state index in [0.29, 0.717) is 13.0 Å². The monoisotopic (exact) mass is 523 g/mol. The van der Waals surface area contributed by atoms with Crippen LogP contribution in [0.4, 0.5) is 0 Å². The molecule has 8 heteroatoms. The Labute approximate surface area is 222 Å². The molecule has 0 bridgehead atoms. The lowest BCUT2D eigenvalue weighted by atomic mass is 9.98. The van der Waals surface area contributed by atoms with Gasteiger partial charge < -0.3 is 19.9 Å². The zero-order valence-electron chi connectivity index (χ0n) is 22.4. The molecule has 0 aliphatic carbocycles. The van der Waals surface area contributed by atoms with Crippen LogP contribution in [0.15, 0.2) is 52.8 Å². The predicted molar refractivity (Wildman–Crippen MR) is 149 cm³/mol. The minimum Gasteiger partial charge on any atom is -0.481 e. The maximum Gasteiger partial charge on any atom is 0.305 e. The van der Waals surface area contributed by atoms with Crippen molar-refractivity contribution >= 4 is 23.2 Å². The molecule has 3 aromatic rings. The van der Waals surface area contributed by atoms with Crippen LogP contribution in [0.2, 0.25) is 0 Å². The number of hydrogen-bond acceptors (Lipinski definition) is 5. The fourth-order valence-corrected chi connectivity index (χ4v) is 5.75. The fraction of sp³-hybridized carbons (Fsp3) is 0.414. The van der Waals surface area contributed by atoms with Crippen LogP contribution in [0, 0.1) is 19.8 Å². The molecule has 7 nitrogen and oxygen atoms in total. The first-order valence-corrected chi connectivity index (χ1v) is 13.4. The highest BCUT2D eigenvalue weighted by molar-refractivity contribution is 7.13. The van der Waals surface area contributed by atoms with E-state index in [1.165, 1.54) is 22.0 Å². The van der Waals surface area contributed by atoms with Crippen LogP contribution < -0.4 is 10.9 Å². The number of aliphatic carboxylic acids is 1. The molecule has 0 spiro atoms. The Bertz CT molecular complexity index is 1290. The highest BCUT2D eigenvalue weighted by Crippen LogP contribution is 2.35. The summed E-state index contributed by atoms with van der Waals surface area (Å²) in [6.45, 7) is 8.74. The molecule has 2 atom stereocenters. The fourth-order valence-electron chi connectivity index (χ4n) is 4.61. The zero-order valence-corrected chi connectivity index (χ0v) is 23.3. The molecule has 0 unspecified atom stereocenters. The van der Waals surface area contributed by atoms with Gasteiger partial charge in [-0.2, -0.15) is 0 Å². The lowest BCUT2D eigenvalue weighted by Crippen LogP contribution is -2.40. The molecule has 198 valence electrons. The molecule has 0 saturated carbocycles. The van der Waals surface area contributed by atoms with E-state index >= 15 is 0 Å². The Kier molecular flexibility index (Phi) is 9.45. The Morgan fingerprint density at radius 3 is 2.38 bits per heavy atom. The highest BCUT2D eigenvalue weighted by atomic mass is 32.1. The van der Waals surface area contributed by atoms with Crippen LogP contribution in [-0.4, -0.2) is 40.5 Å². The summed E-state index contributed by atoms with van der Waals surface area (Å²) in [5.74, 6) is -1.21. The molecular formula is C29H37N3O4S. The van der Waals surface area contributed by atoms with Crippen molar-refractivity contribution in [2.24, 2.45) is 5.92 Å². The first-order valence-electron chi connectivity index (χ1n) is 12.5. The van der Waals surface area contributed by atoms with E-state index in [2.05, 4.69) is 31.3 Å². The number of nitrogens with one attached hydrogen (secondary N) is 1. The molecule has 0 radical (unpaired) electrons. The summed E-state index contributed by atoms with van der Waals surface area (Å²) in [6, 6.07) is 9.89. The third-order valence-electron chi connectivity index (χ3n) is 6.28. The normalized spacial score (nSPS) is 13.1. The number of pyridine rings is 1. The summed E-state index contributed by atoms with van der Waals surface area (Å²) in [4.78, 5) is 41.2. The molecule has 2 N–H and O–H groups in total. The number of benzene rings is 1. The van der Waals surface area contributed by atoms with Gasteiger partial charge in [-0.3, -0.25) is 14.4 Å². The Morgan fingerprint density at radius 1 is 1.11 bits per heavy atom. The van der Waals surface area contributed by atoms with E-state index in [4.69, 9.17) is 0 Å². The van der Waals surface area contributed by atoms with Gasteiger partial charge in [0, 0.05) is 23.7 Å². The van der Waals surface area contributed by atoms with E-state index in [0.717, 1.165) is 32.7 Å². The van der Waals surface area contributed by atoms with Crippen molar-refractivity contribution in [2.75, 3.05) is 14.1 Å². The number of thiophene rings is 1. The van der Waals surface area contributed by atoms with Crippen molar-refractivity contribution in [1.29, 1.82) is 0 Å². The molecule has 1 amide bonds. The highest BCUT2D eigenvalue weighted by Gasteiger charge is 2.27. The number of carboxylic acids is 1. The largest absolute Gasteiger partial charge is 0.481 e. The average Bonchev–Trinajstić information content (AvgIpc) is 3.27. The van der Waals surface area contributed by atoms with Gasteiger partial charge in [0.15, 0.2) is 0 Å². The van der Waals surface area contributed by atoms with Crippen molar-refractivity contribution in [2.45, 2.75) is 59.2 Å². The molecule has 37 heavy (non-hydrogen) atoms. The van der Waals surface area contributed by atoms with E-state index in [9.17, 15) is 19.5 Å². The second-order valence-electron chi connectivity index (χ2n) is 10.3. The van der Waals surface area contributed by atoms with Gasteiger partial charge in [-0.15, -0.1) is 11.3 Å². The van der Waals surface area contributed by atoms with Crippen LogP contribution >= 0.6 is 11.3 Å². The van der Waals surface area contributed by atoms with Gasteiger partial charge >= 0.3 is 5.97 Å². The zero-order chi connectivity index (χ0) is 27.3. The van der Waals surface area contributed by atoms with Crippen LogP contribution in [0.3, 0.4) is 0 Å². The van der Waals surface area contributed by atoms with Crippen LogP contribution in [-0.2, 0) is 16.1 Å². The standard InChI is InChI=1S/C29H37N3O4S/c1-18(2)12-24(32-16-21(15-31(5)6)10-11-26(32)33)29(36)30-23(14-27(34)35)22-13-25(37-17-22)28-19(3)8-7-9-20(28)4/h7-11,13,16-18,23-24H,12,14-15H2,1-6H3,(H,30,36)(H,34,35)/t23-,24+/m1/s1. The van der Waals surface area contributed by atoms with E-state index in [-0.39, 0.29) is 23.8 Å². The van der Waals surface area contributed by atoms with Crippen LogP contribution in [0.5, 0.6) is 0 Å².